The van der Waals surface area contributed by atoms with Gasteiger partial charge in [0.15, 0.2) is 0 Å². The molecule has 3 aromatic rings. The molecule has 0 fully saturated rings. The van der Waals surface area contributed by atoms with Crippen LogP contribution in [0.3, 0.4) is 0 Å². The highest BCUT2D eigenvalue weighted by Gasteiger charge is 2.06. The molecule has 0 saturated carbocycles. The Morgan fingerprint density at radius 1 is 1.19 bits per heavy atom. The summed E-state index contributed by atoms with van der Waals surface area (Å²) in [6.45, 7) is 0. The summed E-state index contributed by atoms with van der Waals surface area (Å²) in [5.74, 6) is 0.278. The molecule has 3 heteroatoms. The van der Waals surface area contributed by atoms with Gasteiger partial charge in [-0.1, -0.05) is 6.07 Å². The lowest BCUT2D eigenvalue weighted by molar-refractivity contribution is 0.478. The van der Waals surface area contributed by atoms with Gasteiger partial charge in [0.1, 0.15) is 5.75 Å². The molecule has 3 nitrogen and oxygen atoms in total. The summed E-state index contributed by atoms with van der Waals surface area (Å²) < 4.78 is 0. The third kappa shape index (κ3) is 1.34. The fourth-order valence-electron chi connectivity index (χ4n) is 1.84. The number of nitrogens with one attached hydrogen (secondary N) is 1. The van der Waals surface area contributed by atoms with E-state index in [0.29, 0.717) is 0 Å². The van der Waals surface area contributed by atoms with Gasteiger partial charge in [0, 0.05) is 40.6 Å². The molecule has 2 N–H and O–H groups in total. The lowest BCUT2D eigenvalue weighted by Crippen LogP contribution is -1.81. The van der Waals surface area contributed by atoms with E-state index in [9.17, 15) is 5.11 Å². The van der Waals surface area contributed by atoms with E-state index in [-0.39, 0.29) is 5.75 Å². The molecule has 0 spiro atoms. The van der Waals surface area contributed by atoms with E-state index in [4.69, 9.17) is 0 Å². The van der Waals surface area contributed by atoms with Gasteiger partial charge in [0.25, 0.3) is 0 Å². The Labute approximate surface area is 92.4 Å². The van der Waals surface area contributed by atoms with Crippen LogP contribution in [0.25, 0.3) is 22.0 Å². The molecular weight excluding hydrogens is 200 g/mol. The number of pyridine rings is 1. The first-order valence-electron chi connectivity index (χ1n) is 5.05. The van der Waals surface area contributed by atoms with Crippen LogP contribution in [-0.4, -0.2) is 15.1 Å². The van der Waals surface area contributed by atoms with Crippen molar-refractivity contribution in [2.45, 2.75) is 0 Å². The summed E-state index contributed by atoms with van der Waals surface area (Å²) in [6, 6.07) is 9.41. The van der Waals surface area contributed by atoms with Gasteiger partial charge in [0.05, 0.1) is 0 Å². The first-order valence-corrected chi connectivity index (χ1v) is 5.05. The standard InChI is InChI=1S/C13H10N2O/c16-13-6-9-3-5-15-12(9)7-11(13)10-2-1-4-14-8-10/h1-8,15-16H. The number of nitrogens with zero attached hydrogens (tertiary/aromatic N) is 1. The minimum absolute atomic E-state index is 0.278. The fraction of sp³-hybridized carbons (Fsp3) is 0. The highest BCUT2D eigenvalue weighted by molar-refractivity contribution is 5.88. The van der Waals surface area contributed by atoms with Crippen molar-refractivity contribution in [1.82, 2.24) is 9.97 Å². The molecule has 0 amide bonds. The molecule has 2 aromatic heterocycles. The van der Waals surface area contributed by atoms with E-state index in [1.165, 1.54) is 0 Å². The van der Waals surface area contributed by atoms with E-state index in [0.717, 1.165) is 22.0 Å². The number of fused-ring (bicyclic) bond motifs is 1. The van der Waals surface area contributed by atoms with Crippen LogP contribution in [0, 0.1) is 0 Å². The molecule has 2 heterocycles. The number of hydrogen-bond acceptors (Lipinski definition) is 2. The van der Waals surface area contributed by atoms with Crippen LogP contribution in [0.15, 0.2) is 48.9 Å². The van der Waals surface area contributed by atoms with E-state index in [1.807, 2.05) is 30.5 Å². The number of rotatable bonds is 1. The van der Waals surface area contributed by atoms with Gasteiger partial charge in [-0.05, 0) is 24.3 Å². The molecular formula is C13H10N2O. The van der Waals surface area contributed by atoms with E-state index in [2.05, 4.69) is 9.97 Å². The average molecular weight is 210 g/mol. The Kier molecular flexibility index (Phi) is 1.90. The summed E-state index contributed by atoms with van der Waals surface area (Å²) in [4.78, 5) is 7.17. The molecule has 1 aromatic carbocycles. The van der Waals surface area contributed by atoms with Gasteiger partial charge in [-0.2, -0.15) is 0 Å². The van der Waals surface area contributed by atoms with Gasteiger partial charge in [-0.25, -0.2) is 0 Å². The van der Waals surface area contributed by atoms with Crippen molar-refractivity contribution in [3.63, 3.8) is 0 Å². The fourth-order valence-corrected chi connectivity index (χ4v) is 1.84. The number of aromatic nitrogens is 2. The highest BCUT2D eigenvalue weighted by Crippen LogP contribution is 2.32. The first-order chi connectivity index (χ1) is 7.84. The molecule has 0 bridgehead atoms. The number of hydrogen-bond donors (Lipinski definition) is 2. The Morgan fingerprint density at radius 3 is 2.94 bits per heavy atom. The van der Waals surface area contributed by atoms with E-state index < -0.39 is 0 Å². The first kappa shape index (κ1) is 8.97. The second-order valence-corrected chi connectivity index (χ2v) is 3.68. The van der Waals surface area contributed by atoms with Crippen LogP contribution < -0.4 is 0 Å². The Morgan fingerprint density at radius 2 is 2.12 bits per heavy atom. The monoisotopic (exact) mass is 210 g/mol. The summed E-state index contributed by atoms with van der Waals surface area (Å²) in [5, 5.41) is 10.9. The Balaban J connectivity index is 2.27. The number of H-pyrrole nitrogens is 1. The van der Waals surface area contributed by atoms with Crippen molar-refractivity contribution in [1.29, 1.82) is 0 Å². The minimum atomic E-state index is 0.278. The predicted octanol–water partition coefficient (Wildman–Crippen LogP) is 2.94. The van der Waals surface area contributed by atoms with Crippen LogP contribution in [0.1, 0.15) is 0 Å². The smallest absolute Gasteiger partial charge is 0.124 e. The maximum Gasteiger partial charge on any atom is 0.124 e. The summed E-state index contributed by atoms with van der Waals surface area (Å²) in [5.41, 5.74) is 2.72. The second kappa shape index (κ2) is 3.38. The maximum atomic E-state index is 9.94. The lowest BCUT2D eigenvalue weighted by atomic mass is 10.1. The van der Waals surface area contributed by atoms with Crippen LogP contribution in [0.5, 0.6) is 5.75 Å². The van der Waals surface area contributed by atoms with Gasteiger partial charge >= 0.3 is 0 Å². The molecule has 3 rings (SSSR count). The lowest BCUT2D eigenvalue weighted by Gasteiger charge is -2.04. The van der Waals surface area contributed by atoms with E-state index >= 15 is 0 Å². The number of phenols is 1. The maximum absolute atomic E-state index is 9.94. The van der Waals surface area contributed by atoms with Crippen LogP contribution in [-0.2, 0) is 0 Å². The van der Waals surface area contributed by atoms with Crippen molar-refractivity contribution in [2.24, 2.45) is 0 Å². The van der Waals surface area contributed by atoms with Crippen LogP contribution in [0.4, 0.5) is 0 Å². The molecule has 0 atom stereocenters. The van der Waals surface area contributed by atoms with Crippen molar-refractivity contribution in [3.05, 3.63) is 48.9 Å². The van der Waals surface area contributed by atoms with Crippen LogP contribution >= 0.6 is 0 Å². The summed E-state index contributed by atoms with van der Waals surface area (Å²) >= 11 is 0. The van der Waals surface area contributed by atoms with Crippen molar-refractivity contribution < 1.29 is 5.11 Å². The molecule has 0 aliphatic heterocycles. The third-order valence-electron chi connectivity index (χ3n) is 2.64. The Bertz CT molecular complexity index is 629. The molecule has 78 valence electrons. The zero-order chi connectivity index (χ0) is 11.0. The number of aromatic amines is 1. The van der Waals surface area contributed by atoms with Crippen LogP contribution in [0.2, 0.25) is 0 Å². The predicted molar refractivity (Wildman–Crippen MR) is 63.2 cm³/mol. The van der Waals surface area contributed by atoms with Crippen molar-refractivity contribution in [2.75, 3.05) is 0 Å². The topological polar surface area (TPSA) is 48.9 Å². The molecule has 0 unspecified atom stereocenters. The molecule has 0 saturated heterocycles. The number of benzene rings is 1. The SMILES string of the molecule is Oc1cc2cc[nH]c2cc1-c1cccnc1. The van der Waals surface area contributed by atoms with E-state index in [1.54, 1.807) is 18.5 Å². The molecule has 0 radical (unpaired) electrons. The highest BCUT2D eigenvalue weighted by atomic mass is 16.3. The number of aromatic hydroxyl groups is 1. The van der Waals surface area contributed by atoms with Gasteiger partial charge < -0.3 is 10.1 Å². The zero-order valence-electron chi connectivity index (χ0n) is 8.51. The molecule has 16 heavy (non-hydrogen) atoms. The second-order valence-electron chi connectivity index (χ2n) is 3.68. The third-order valence-corrected chi connectivity index (χ3v) is 2.64. The van der Waals surface area contributed by atoms with Gasteiger partial charge in [-0.15, -0.1) is 0 Å². The average Bonchev–Trinajstić information content (AvgIpc) is 2.76. The number of phenolic OH excluding ortho intramolecular Hbond substituents is 1. The quantitative estimate of drug-likeness (QED) is 0.648. The van der Waals surface area contributed by atoms with Gasteiger partial charge in [-0.3, -0.25) is 4.98 Å². The molecule has 0 aliphatic rings. The summed E-state index contributed by atoms with van der Waals surface area (Å²) in [7, 11) is 0. The largest absolute Gasteiger partial charge is 0.507 e. The normalized spacial score (nSPS) is 10.8. The van der Waals surface area contributed by atoms with Crippen molar-refractivity contribution >= 4 is 10.9 Å². The summed E-state index contributed by atoms with van der Waals surface area (Å²) in [6.07, 6.45) is 5.31. The minimum Gasteiger partial charge on any atom is -0.507 e. The van der Waals surface area contributed by atoms with Crippen molar-refractivity contribution in [3.8, 4) is 16.9 Å². The van der Waals surface area contributed by atoms with Gasteiger partial charge in [0.2, 0.25) is 0 Å². The molecule has 0 aliphatic carbocycles. The Hall–Kier alpha value is -2.29. The zero-order valence-corrected chi connectivity index (χ0v) is 8.51.